The highest BCUT2D eigenvalue weighted by Crippen LogP contribution is 2.27. The molecule has 0 saturated carbocycles. The van der Waals surface area contributed by atoms with E-state index in [-0.39, 0.29) is 5.56 Å². The summed E-state index contributed by atoms with van der Waals surface area (Å²) in [5.74, 6) is -0.924. The van der Waals surface area contributed by atoms with Crippen LogP contribution < -0.4 is 5.32 Å². The van der Waals surface area contributed by atoms with Gasteiger partial charge in [-0.2, -0.15) is 5.26 Å². The zero-order valence-corrected chi connectivity index (χ0v) is 17.2. The Morgan fingerprint density at radius 3 is 2.37 bits per heavy atom. The lowest BCUT2D eigenvalue weighted by Gasteiger charge is -2.38. The number of piperidine rings is 1. The number of carboxylic acid groups (broad SMARTS) is 1. The topological polar surface area (TPSA) is 96.6 Å². The van der Waals surface area contributed by atoms with Gasteiger partial charge in [0.1, 0.15) is 0 Å². The van der Waals surface area contributed by atoms with E-state index in [2.05, 4.69) is 16.3 Å². The van der Waals surface area contributed by atoms with E-state index in [1.165, 1.54) is 5.56 Å². The molecule has 2 aromatic rings. The lowest BCUT2D eigenvalue weighted by Crippen LogP contribution is -2.45. The molecule has 6 heteroatoms. The molecule has 0 amide bonds. The molecular formula is C24H29N3O3. The van der Waals surface area contributed by atoms with Gasteiger partial charge in [0.25, 0.3) is 0 Å². The van der Waals surface area contributed by atoms with Gasteiger partial charge in [0.05, 0.1) is 22.8 Å². The van der Waals surface area contributed by atoms with Gasteiger partial charge in [-0.25, -0.2) is 4.79 Å². The van der Waals surface area contributed by atoms with Crippen LogP contribution in [0.5, 0.6) is 0 Å². The maximum Gasteiger partial charge on any atom is 0.335 e. The number of likely N-dealkylation sites (tertiary alicyclic amines) is 1. The highest BCUT2D eigenvalue weighted by molar-refractivity contribution is 5.87. The van der Waals surface area contributed by atoms with Gasteiger partial charge in [-0.15, -0.1) is 0 Å². The van der Waals surface area contributed by atoms with Gasteiger partial charge < -0.3 is 20.4 Å². The number of rotatable bonds is 9. The summed E-state index contributed by atoms with van der Waals surface area (Å²) in [6.07, 6.45) is 4.15. The number of carbonyl (C=O) groups is 1. The lowest BCUT2D eigenvalue weighted by atomic mass is 9.87. The number of anilines is 1. The molecule has 1 fully saturated rings. The minimum Gasteiger partial charge on any atom is -0.478 e. The largest absolute Gasteiger partial charge is 0.478 e. The van der Waals surface area contributed by atoms with Gasteiger partial charge in [0, 0.05) is 31.9 Å². The maximum atomic E-state index is 10.9. The third-order valence-corrected chi connectivity index (χ3v) is 5.87. The number of nitrogens with one attached hydrogen (secondary N) is 1. The van der Waals surface area contributed by atoms with Crippen LogP contribution in [0.25, 0.3) is 0 Å². The van der Waals surface area contributed by atoms with Gasteiger partial charge in [-0.05, 0) is 74.1 Å². The minimum absolute atomic E-state index is 0.279. The molecule has 1 aliphatic heterocycles. The van der Waals surface area contributed by atoms with Crippen LogP contribution in [0.1, 0.15) is 47.2 Å². The summed E-state index contributed by atoms with van der Waals surface area (Å²) in [7, 11) is 0. The van der Waals surface area contributed by atoms with E-state index in [0.717, 1.165) is 64.0 Å². The van der Waals surface area contributed by atoms with Crippen molar-refractivity contribution in [2.45, 2.75) is 37.7 Å². The summed E-state index contributed by atoms with van der Waals surface area (Å²) < 4.78 is 0. The van der Waals surface area contributed by atoms with Crippen LogP contribution in [0.15, 0.2) is 48.5 Å². The van der Waals surface area contributed by atoms with Crippen molar-refractivity contribution in [3.63, 3.8) is 0 Å². The number of hydrogen-bond donors (Lipinski definition) is 3. The Kier molecular flexibility index (Phi) is 7.45. The molecule has 0 bridgehead atoms. The molecule has 2 aromatic carbocycles. The predicted molar refractivity (Wildman–Crippen MR) is 117 cm³/mol. The summed E-state index contributed by atoms with van der Waals surface area (Å²) in [4.78, 5) is 13.3. The molecule has 6 nitrogen and oxygen atoms in total. The molecule has 3 N–H and O–H groups in total. The van der Waals surface area contributed by atoms with Crippen LogP contribution in [0.4, 0.5) is 5.69 Å². The SMILES string of the molecule is N#Cc1ccc(CCN2CCC(O)(CCCNc3ccc(C(=O)O)cc3)CC2)cc1. The second kappa shape index (κ2) is 10.2. The molecule has 0 aliphatic carbocycles. The standard InChI is InChI=1S/C24H29N3O3/c25-18-20-4-2-19(3-5-20)10-15-27-16-12-24(30,13-17-27)11-1-14-26-22-8-6-21(7-9-22)23(28)29/h2-9,26,30H,1,10-17H2,(H,28,29). The number of aliphatic hydroxyl groups is 1. The van der Waals surface area contributed by atoms with Crippen molar-refractivity contribution >= 4 is 11.7 Å². The third kappa shape index (κ3) is 6.31. The molecule has 158 valence electrons. The van der Waals surface area contributed by atoms with Crippen molar-refractivity contribution in [2.24, 2.45) is 0 Å². The number of nitriles is 1. The van der Waals surface area contributed by atoms with Crippen LogP contribution in [0.3, 0.4) is 0 Å². The van der Waals surface area contributed by atoms with E-state index in [4.69, 9.17) is 10.4 Å². The van der Waals surface area contributed by atoms with E-state index < -0.39 is 11.6 Å². The Hall–Kier alpha value is -2.88. The monoisotopic (exact) mass is 407 g/mol. The summed E-state index contributed by atoms with van der Waals surface area (Å²) >= 11 is 0. The Balaban J connectivity index is 1.34. The van der Waals surface area contributed by atoms with Crippen LogP contribution in [0.2, 0.25) is 0 Å². The molecule has 3 rings (SSSR count). The molecule has 0 atom stereocenters. The Labute approximate surface area is 177 Å². The molecule has 0 spiro atoms. The van der Waals surface area contributed by atoms with Crippen LogP contribution >= 0.6 is 0 Å². The van der Waals surface area contributed by atoms with Gasteiger partial charge in [-0.1, -0.05) is 12.1 Å². The Morgan fingerprint density at radius 1 is 1.10 bits per heavy atom. The average Bonchev–Trinajstić information content (AvgIpc) is 2.77. The zero-order valence-electron chi connectivity index (χ0n) is 17.2. The Bertz CT molecular complexity index is 864. The molecule has 30 heavy (non-hydrogen) atoms. The molecule has 0 radical (unpaired) electrons. The van der Waals surface area contributed by atoms with Gasteiger partial charge >= 0.3 is 5.97 Å². The van der Waals surface area contributed by atoms with Crippen molar-refractivity contribution in [2.75, 3.05) is 31.5 Å². The van der Waals surface area contributed by atoms with Crippen molar-refractivity contribution in [3.05, 3.63) is 65.2 Å². The van der Waals surface area contributed by atoms with Gasteiger partial charge in [0.15, 0.2) is 0 Å². The third-order valence-electron chi connectivity index (χ3n) is 5.87. The van der Waals surface area contributed by atoms with Crippen molar-refractivity contribution < 1.29 is 15.0 Å². The van der Waals surface area contributed by atoms with E-state index in [9.17, 15) is 9.90 Å². The molecule has 0 aromatic heterocycles. The molecule has 0 unspecified atom stereocenters. The van der Waals surface area contributed by atoms with Crippen LogP contribution in [-0.2, 0) is 6.42 Å². The Morgan fingerprint density at radius 2 is 1.77 bits per heavy atom. The lowest BCUT2D eigenvalue weighted by molar-refractivity contribution is -0.0279. The second-order valence-electron chi connectivity index (χ2n) is 8.04. The fourth-order valence-corrected chi connectivity index (χ4v) is 3.86. The maximum absolute atomic E-state index is 10.9. The van der Waals surface area contributed by atoms with Crippen molar-refractivity contribution in [3.8, 4) is 6.07 Å². The number of hydrogen-bond acceptors (Lipinski definition) is 5. The molecule has 1 heterocycles. The highest BCUT2D eigenvalue weighted by Gasteiger charge is 2.31. The number of aromatic carboxylic acids is 1. The van der Waals surface area contributed by atoms with E-state index >= 15 is 0 Å². The average molecular weight is 408 g/mol. The summed E-state index contributed by atoms with van der Waals surface area (Å²) in [5, 5.41) is 32.0. The summed E-state index contributed by atoms with van der Waals surface area (Å²) in [5.41, 5.74) is 2.50. The quantitative estimate of drug-likeness (QED) is 0.551. The normalized spacial score (nSPS) is 16.0. The first-order valence-electron chi connectivity index (χ1n) is 10.5. The van der Waals surface area contributed by atoms with Crippen LogP contribution in [0, 0.1) is 11.3 Å². The number of carboxylic acids is 1. The minimum atomic E-state index is -0.924. The van der Waals surface area contributed by atoms with Gasteiger partial charge in [-0.3, -0.25) is 0 Å². The van der Waals surface area contributed by atoms with E-state index in [1.807, 2.05) is 24.3 Å². The number of benzene rings is 2. The first-order chi connectivity index (χ1) is 14.5. The van der Waals surface area contributed by atoms with Gasteiger partial charge in [0.2, 0.25) is 0 Å². The fraction of sp³-hybridized carbons (Fsp3) is 0.417. The second-order valence-corrected chi connectivity index (χ2v) is 8.04. The predicted octanol–water partition coefficient (Wildman–Crippen LogP) is 3.52. The van der Waals surface area contributed by atoms with E-state index in [1.54, 1.807) is 24.3 Å². The molecule has 1 aliphatic rings. The summed E-state index contributed by atoms with van der Waals surface area (Å²) in [6, 6.07) is 16.6. The summed E-state index contributed by atoms with van der Waals surface area (Å²) in [6.45, 7) is 3.51. The number of nitrogens with zero attached hydrogens (tertiary/aromatic N) is 2. The van der Waals surface area contributed by atoms with Crippen LogP contribution in [-0.4, -0.2) is 52.9 Å². The first kappa shape index (κ1) is 21.8. The first-order valence-corrected chi connectivity index (χ1v) is 10.5. The fourth-order valence-electron chi connectivity index (χ4n) is 3.86. The highest BCUT2D eigenvalue weighted by atomic mass is 16.4. The zero-order chi connectivity index (χ0) is 21.4. The molecular weight excluding hydrogens is 378 g/mol. The van der Waals surface area contributed by atoms with Crippen molar-refractivity contribution in [1.82, 2.24) is 4.90 Å². The smallest absolute Gasteiger partial charge is 0.335 e. The van der Waals surface area contributed by atoms with E-state index in [0.29, 0.717) is 5.56 Å². The molecule has 1 saturated heterocycles. The van der Waals surface area contributed by atoms with Crippen molar-refractivity contribution in [1.29, 1.82) is 5.26 Å².